The summed E-state index contributed by atoms with van der Waals surface area (Å²) in [5, 5.41) is 0. The van der Waals surface area contributed by atoms with Gasteiger partial charge < -0.3 is 19.6 Å². The molecule has 0 aromatic carbocycles. The van der Waals surface area contributed by atoms with Crippen molar-refractivity contribution in [2.24, 2.45) is 5.41 Å². The quantitative estimate of drug-likeness (QED) is 0.393. The molecule has 0 spiro atoms. The van der Waals surface area contributed by atoms with Gasteiger partial charge >= 0.3 is 15.6 Å². The van der Waals surface area contributed by atoms with Gasteiger partial charge in [-0.15, -0.1) is 0 Å². The Kier molecular flexibility index (Phi) is 7.38. The van der Waals surface area contributed by atoms with Gasteiger partial charge in [0.1, 0.15) is 0 Å². The highest BCUT2D eigenvalue weighted by atomic mass is 31.2. The Morgan fingerprint density at radius 3 is 1.89 bits per heavy atom. The number of rotatable bonds is 8. The number of unbranched alkanes of at least 4 members (excludes halogenated alkanes) is 1. The van der Waals surface area contributed by atoms with Crippen molar-refractivity contribution in [1.29, 1.82) is 0 Å². The molecule has 0 bridgehead atoms. The van der Waals surface area contributed by atoms with Crippen molar-refractivity contribution >= 4 is 15.6 Å². The third kappa shape index (κ3) is 11.7. The monoisotopic (exact) mass is 320 g/mol. The molecule has 0 heterocycles. The van der Waals surface area contributed by atoms with Crippen LogP contribution in [0.1, 0.15) is 40.0 Å². The first-order chi connectivity index (χ1) is 8.31. The maximum absolute atomic E-state index is 10.9. The summed E-state index contributed by atoms with van der Waals surface area (Å²) in [7, 11) is -9.01. The molecular weight excluding hydrogens is 298 g/mol. The van der Waals surface area contributed by atoms with Crippen LogP contribution in [0.25, 0.3) is 0 Å². The van der Waals surface area contributed by atoms with Crippen LogP contribution in [-0.4, -0.2) is 32.3 Å². The fraction of sp³-hybridized carbons (Fsp3) is 1.00. The van der Waals surface area contributed by atoms with E-state index < -0.39 is 27.2 Å². The van der Waals surface area contributed by atoms with E-state index in [-0.39, 0.29) is 6.61 Å². The Morgan fingerprint density at radius 1 is 1.00 bits per heavy atom. The Balaban J connectivity index is 4.16. The second kappa shape index (κ2) is 7.29. The molecule has 19 heavy (non-hydrogen) atoms. The zero-order valence-electron chi connectivity index (χ0n) is 11.2. The minimum absolute atomic E-state index is 0.114. The second-order valence-electron chi connectivity index (χ2n) is 5.27. The van der Waals surface area contributed by atoms with Crippen molar-refractivity contribution < 1.29 is 37.8 Å². The highest BCUT2D eigenvalue weighted by molar-refractivity contribution is 7.46. The first kappa shape index (κ1) is 19.2. The summed E-state index contributed by atoms with van der Waals surface area (Å²) in [5.74, 6) is 0. The average molecular weight is 320 g/mol. The molecule has 0 fully saturated rings. The van der Waals surface area contributed by atoms with E-state index in [1.807, 2.05) is 0 Å². The number of phosphoric ester groups is 2. The zero-order chi connectivity index (χ0) is 15.3. The van der Waals surface area contributed by atoms with Crippen LogP contribution in [0, 0.1) is 5.41 Å². The molecule has 116 valence electrons. The van der Waals surface area contributed by atoms with E-state index in [4.69, 9.17) is 24.1 Å². The molecule has 0 aliphatic carbocycles. The van der Waals surface area contributed by atoms with E-state index in [0.29, 0.717) is 19.3 Å². The lowest BCUT2D eigenvalue weighted by Crippen LogP contribution is -2.28. The second-order valence-corrected chi connectivity index (χ2v) is 7.70. The van der Waals surface area contributed by atoms with Crippen LogP contribution in [0.4, 0.5) is 0 Å². The predicted molar refractivity (Wildman–Crippen MR) is 68.2 cm³/mol. The van der Waals surface area contributed by atoms with E-state index >= 15 is 0 Å². The van der Waals surface area contributed by atoms with Gasteiger partial charge in [0.25, 0.3) is 0 Å². The maximum Gasteiger partial charge on any atom is 0.469 e. The van der Waals surface area contributed by atoms with Crippen molar-refractivity contribution in [2.75, 3.05) is 6.61 Å². The minimum Gasteiger partial charge on any atom is -0.303 e. The summed E-state index contributed by atoms with van der Waals surface area (Å²) in [6.07, 6.45) is 0.548. The van der Waals surface area contributed by atoms with Crippen molar-refractivity contribution in [3.8, 4) is 0 Å². The van der Waals surface area contributed by atoms with Crippen LogP contribution in [0.5, 0.6) is 0 Å². The molecule has 0 saturated heterocycles. The zero-order valence-corrected chi connectivity index (χ0v) is 13.0. The normalized spacial score (nSPS) is 15.5. The fourth-order valence-electron chi connectivity index (χ4n) is 1.42. The average Bonchev–Trinajstić information content (AvgIpc) is 2.10. The molecule has 4 N–H and O–H groups in total. The van der Waals surface area contributed by atoms with Gasteiger partial charge in [-0.25, -0.2) is 9.13 Å². The van der Waals surface area contributed by atoms with Crippen molar-refractivity contribution in [3.05, 3.63) is 0 Å². The smallest absolute Gasteiger partial charge is 0.303 e. The van der Waals surface area contributed by atoms with E-state index in [9.17, 15) is 9.13 Å². The standard InChI is InChI=1S/C9H22O8P2/c1-9(2,3)8(17-19(13,14)15)6-4-5-7-16-18(10,11)12/h8H,4-7H2,1-3H3,(H2,10,11,12)(H2,13,14,15). The molecule has 0 aromatic heterocycles. The molecule has 0 aliphatic heterocycles. The van der Waals surface area contributed by atoms with E-state index in [0.717, 1.165) is 0 Å². The molecule has 0 saturated carbocycles. The van der Waals surface area contributed by atoms with Crippen LogP contribution in [0.3, 0.4) is 0 Å². The summed E-state index contributed by atoms with van der Waals surface area (Å²) in [6, 6.07) is 0. The Bertz CT molecular complexity index is 352. The van der Waals surface area contributed by atoms with Gasteiger partial charge in [0.15, 0.2) is 0 Å². The molecule has 0 aromatic rings. The van der Waals surface area contributed by atoms with E-state index in [2.05, 4.69) is 4.52 Å². The largest absolute Gasteiger partial charge is 0.469 e. The molecule has 0 amide bonds. The lowest BCUT2D eigenvalue weighted by molar-refractivity contribution is 0.0442. The molecule has 0 radical (unpaired) electrons. The summed E-state index contributed by atoms with van der Waals surface area (Å²) in [6.45, 7) is 5.26. The van der Waals surface area contributed by atoms with Crippen LogP contribution in [0.15, 0.2) is 0 Å². The summed E-state index contributed by atoms with van der Waals surface area (Å²) in [5.41, 5.74) is -0.453. The fourth-order valence-corrected chi connectivity index (χ4v) is 2.54. The highest BCUT2D eigenvalue weighted by Crippen LogP contribution is 2.43. The summed E-state index contributed by atoms with van der Waals surface area (Å²) >= 11 is 0. The highest BCUT2D eigenvalue weighted by Gasteiger charge is 2.31. The van der Waals surface area contributed by atoms with Crippen LogP contribution >= 0.6 is 15.6 Å². The molecule has 0 aliphatic rings. The molecule has 1 atom stereocenters. The number of hydrogen-bond acceptors (Lipinski definition) is 4. The Labute approximate surface area is 112 Å². The van der Waals surface area contributed by atoms with Crippen LogP contribution < -0.4 is 0 Å². The van der Waals surface area contributed by atoms with Crippen molar-refractivity contribution in [3.63, 3.8) is 0 Å². The van der Waals surface area contributed by atoms with E-state index in [1.165, 1.54) is 0 Å². The van der Waals surface area contributed by atoms with E-state index in [1.54, 1.807) is 20.8 Å². The Morgan fingerprint density at radius 2 is 1.53 bits per heavy atom. The first-order valence-corrected chi connectivity index (χ1v) is 8.81. The van der Waals surface area contributed by atoms with Gasteiger partial charge in [0.05, 0.1) is 12.7 Å². The van der Waals surface area contributed by atoms with Gasteiger partial charge in [0.2, 0.25) is 0 Å². The van der Waals surface area contributed by atoms with Gasteiger partial charge in [0, 0.05) is 0 Å². The third-order valence-electron chi connectivity index (χ3n) is 2.35. The molecule has 1 unspecified atom stereocenters. The van der Waals surface area contributed by atoms with Crippen molar-refractivity contribution in [2.45, 2.75) is 46.1 Å². The lowest BCUT2D eigenvalue weighted by atomic mass is 9.86. The Hall–Kier alpha value is 0.220. The van der Waals surface area contributed by atoms with Gasteiger partial charge in [-0.2, -0.15) is 0 Å². The van der Waals surface area contributed by atoms with Crippen LogP contribution in [0.2, 0.25) is 0 Å². The van der Waals surface area contributed by atoms with Gasteiger partial charge in [-0.1, -0.05) is 20.8 Å². The molecular formula is C9H22O8P2. The van der Waals surface area contributed by atoms with Gasteiger partial charge in [-0.3, -0.25) is 9.05 Å². The maximum atomic E-state index is 10.9. The summed E-state index contributed by atoms with van der Waals surface area (Å²) < 4.78 is 30.3. The predicted octanol–water partition coefficient (Wildman–Crippen LogP) is 1.79. The van der Waals surface area contributed by atoms with Gasteiger partial charge in [-0.05, 0) is 24.7 Å². The minimum atomic E-state index is -4.56. The molecule has 10 heteroatoms. The SMILES string of the molecule is CC(C)(C)C(CCCCOP(=O)(O)O)OP(=O)(O)O. The van der Waals surface area contributed by atoms with Crippen molar-refractivity contribution in [1.82, 2.24) is 0 Å². The lowest BCUT2D eigenvalue weighted by Gasteiger charge is -2.30. The van der Waals surface area contributed by atoms with Crippen LogP contribution in [-0.2, 0) is 18.2 Å². The summed E-state index contributed by atoms with van der Waals surface area (Å²) in [4.78, 5) is 34.6. The number of phosphoric acid groups is 2. The topological polar surface area (TPSA) is 134 Å². The first-order valence-electron chi connectivity index (χ1n) is 5.75. The molecule has 0 rings (SSSR count). The third-order valence-corrected chi connectivity index (χ3v) is 3.40. The molecule has 8 nitrogen and oxygen atoms in total. The number of hydrogen-bond donors (Lipinski definition) is 4.